The molecule has 1 aliphatic carbocycles. The average molecular weight is 226 g/mol. The summed E-state index contributed by atoms with van der Waals surface area (Å²) >= 11 is 0. The van der Waals surface area contributed by atoms with Gasteiger partial charge in [0.15, 0.2) is 0 Å². The predicted molar refractivity (Wildman–Crippen MR) is 52.7 cm³/mol. The number of alkyl halides is 3. The van der Waals surface area contributed by atoms with Gasteiger partial charge in [-0.15, -0.1) is 13.2 Å². The molecule has 1 saturated carbocycles. The second kappa shape index (κ2) is 4.09. The Hall–Kier alpha value is -1.63. The molecule has 0 bridgehead atoms. The van der Waals surface area contributed by atoms with Crippen LogP contribution in [-0.2, 0) is 0 Å². The van der Waals surface area contributed by atoms with Crippen LogP contribution in [0.3, 0.4) is 0 Å². The third-order valence-electron chi connectivity index (χ3n) is 2.10. The van der Waals surface area contributed by atoms with Crippen LogP contribution >= 0.6 is 0 Å². The van der Waals surface area contributed by atoms with Gasteiger partial charge in [-0.1, -0.05) is 24.0 Å². The number of para-hydroxylation sites is 1. The van der Waals surface area contributed by atoms with Gasteiger partial charge < -0.3 is 4.74 Å². The van der Waals surface area contributed by atoms with Gasteiger partial charge >= 0.3 is 6.36 Å². The fourth-order valence-electron chi connectivity index (χ4n) is 1.19. The summed E-state index contributed by atoms with van der Waals surface area (Å²) in [6, 6.07) is 5.92. The fraction of sp³-hybridized carbons (Fsp3) is 0.333. The van der Waals surface area contributed by atoms with Crippen LogP contribution in [0.5, 0.6) is 5.75 Å². The summed E-state index contributed by atoms with van der Waals surface area (Å²) in [5.41, 5.74) is 0.284. The highest BCUT2D eigenvalue weighted by Crippen LogP contribution is 2.29. The van der Waals surface area contributed by atoms with E-state index in [0.29, 0.717) is 5.92 Å². The molecule has 1 aromatic rings. The van der Waals surface area contributed by atoms with Crippen LogP contribution in [0.15, 0.2) is 24.3 Å². The third kappa shape index (κ3) is 3.20. The van der Waals surface area contributed by atoms with Crippen molar-refractivity contribution in [1.82, 2.24) is 0 Å². The topological polar surface area (TPSA) is 9.23 Å². The lowest BCUT2D eigenvalue weighted by Crippen LogP contribution is -2.17. The van der Waals surface area contributed by atoms with Crippen LogP contribution in [0.1, 0.15) is 18.4 Å². The Kier molecular flexibility index (Phi) is 2.78. The lowest BCUT2D eigenvalue weighted by molar-refractivity contribution is -0.274. The number of halogens is 3. The molecule has 2 rings (SSSR count). The van der Waals surface area contributed by atoms with Crippen molar-refractivity contribution in [3.8, 4) is 17.6 Å². The van der Waals surface area contributed by atoms with Gasteiger partial charge in [0.25, 0.3) is 0 Å². The zero-order chi connectivity index (χ0) is 11.6. The number of ether oxygens (including phenoxy) is 1. The Bertz CT molecular complexity index is 436. The van der Waals surface area contributed by atoms with Gasteiger partial charge in [0, 0.05) is 5.92 Å². The van der Waals surface area contributed by atoms with E-state index in [0.717, 1.165) is 12.8 Å². The molecule has 0 atom stereocenters. The Morgan fingerprint density at radius 2 is 1.88 bits per heavy atom. The Morgan fingerprint density at radius 1 is 1.19 bits per heavy atom. The average Bonchev–Trinajstić information content (AvgIpc) is 2.98. The Morgan fingerprint density at radius 3 is 2.50 bits per heavy atom. The van der Waals surface area contributed by atoms with Crippen LogP contribution < -0.4 is 4.74 Å². The SMILES string of the molecule is FC(F)(F)Oc1ccccc1C#CC1CC1. The maximum absolute atomic E-state index is 12.1. The molecule has 1 aromatic carbocycles. The van der Waals surface area contributed by atoms with Crippen LogP contribution in [0, 0.1) is 17.8 Å². The number of benzene rings is 1. The smallest absolute Gasteiger partial charge is 0.404 e. The highest BCUT2D eigenvalue weighted by Gasteiger charge is 2.31. The van der Waals surface area contributed by atoms with E-state index in [1.165, 1.54) is 18.2 Å². The summed E-state index contributed by atoms with van der Waals surface area (Å²) in [4.78, 5) is 0. The quantitative estimate of drug-likeness (QED) is 0.667. The molecule has 1 fully saturated rings. The molecule has 0 heterocycles. The van der Waals surface area contributed by atoms with E-state index in [-0.39, 0.29) is 11.3 Å². The molecule has 16 heavy (non-hydrogen) atoms. The molecule has 0 aliphatic heterocycles. The van der Waals surface area contributed by atoms with Gasteiger partial charge in [-0.05, 0) is 25.0 Å². The molecule has 84 valence electrons. The van der Waals surface area contributed by atoms with Gasteiger partial charge in [-0.2, -0.15) is 0 Å². The zero-order valence-corrected chi connectivity index (χ0v) is 8.34. The fourth-order valence-corrected chi connectivity index (χ4v) is 1.19. The maximum atomic E-state index is 12.1. The first-order chi connectivity index (χ1) is 7.54. The highest BCUT2D eigenvalue weighted by atomic mass is 19.4. The minimum atomic E-state index is -4.67. The second-order valence-corrected chi connectivity index (χ2v) is 3.59. The summed E-state index contributed by atoms with van der Waals surface area (Å²) in [6.07, 6.45) is -2.60. The van der Waals surface area contributed by atoms with E-state index < -0.39 is 6.36 Å². The molecule has 1 nitrogen and oxygen atoms in total. The van der Waals surface area contributed by atoms with Crippen molar-refractivity contribution in [2.24, 2.45) is 5.92 Å². The molecule has 0 aromatic heterocycles. The lowest BCUT2D eigenvalue weighted by Gasteiger charge is -2.09. The number of rotatable bonds is 1. The molecule has 0 spiro atoms. The highest BCUT2D eigenvalue weighted by molar-refractivity contribution is 5.46. The second-order valence-electron chi connectivity index (χ2n) is 3.59. The first-order valence-corrected chi connectivity index (χ1v) is 4.91. The lowest BCUT2D eigenvalue weighted by atomic mass is 10.2. The monoisotopic (exact) mass is 226 g/mol. The normalized spacial score (nSPS) is 15.2. The van der Waals surface area contributed by atoms with Crippen molar-refractivity contribution in [3.63, 3.8) is 0 Å². The summed E-state index contributed by atoms with van der Waals surface area (Å²) in [7, 11) is 0. The van der Waals surface area contributed by atoms with Crippen molar-refractivity contribution >= 4 is 0 Å². The van der Waals surface area contributed by atoms with Gasteiger partial charge in [0.2, 0.25) is 0 Å². The minimum Gasteiger partial charge on any atom is -0.404 e. The zero-order valence-electron chi connectivity index (χ0n) is 8.34. The standard InChI is InChI=1S/C12H9F3O/c13-12(14,15)16-11-4-2-1-3-10(11)8-7-9-5-6-9/h1-4,9H,5-6H2. The largest absolute Gasteiger partial charge is 0.573 e. The molecule has 0 radical (unpaired) electrons. The van der Waals surface area contributed by atoms with Gasteiger partial charge in [0.1, 0.15) is 5.75 Å². The van der Waals surface area contributed by atoms with E-state index >= 15 is 0 Å². The van der Waals surface area contributed by atoms with Crippen LogP contribution in [0.4, 0.5) is 13.2 Å². The van der Waals surface area contributed by atoms with Crippen LogP contribution in [0.25, 0.3) is 0 Å². The predicted octanol–water partition coefficient (Wildman–Crippen LogP) is 3.35. The molecule has 0 amide bonds. The molecule has 1 aliphatic rings. The summed E-state index contributed by atoms with van der Waals surface area (Å²) < 4.78 is 40.1. The van der Waals surface area contributed by atoms with E-state index in [9.17, 15) is 13.2 Å². The molecule has 0 saturated heterocycles. The van der Waals surface area contributed by atoms with Crippen molar-refractivity contribution in [2.75, 3.05) is 0 Å². The molecule has 4 heteroatoms. The van der Waals surface area contributed by atoms with Crippen molar-refractivity contribution in [1.29, 1.82) is 0 Å². The first kappa shape index (κ1) is 10.9. The first-order valence-electron chi connectivity index (χ1n) is 4.91. The molecule has 0 N–H and O–H groups in total. The van der Waals surface area contributed by atoms with Crippen molar-refractivity contribution in [3.05, 3.63) is 29.8 Å². The summed E-state index contributed by atoms with van der Waals surface area (Å²) in [5, 5.41) is 0. The van der Waals surface area contributed by atoms with Gasteiger partial charge in [-0.25, -0.2) is 0 Å². The van der Waals surface area contributed by atoms with E-state index in [4.69, 9.17) is 0 Å². The van der Waals surface area contributed by atoms with E-state index in [1.807, 2.05) is 0 Å². The van der Waals surface area contributed by atoms with E-state index in [2.05, 4.69) is 16.6 Å². The minimum absolute atomic E-state index is 0.233. The molecular weight excluding hydrogens is 217 g/mol. The third-order valence-corrected chi connectivity index (χ3v) is 2.10. The number of hydrogen-bond donors (Lipinski definition) is 0. The van der Waals surface area contributed by atoms with Crippen LogP contribution in [0.2, 0.25) is 0 Å². The summed E-state index contributed by atoms with van der Waals surface area (Å²) in [5.74, 6) is 5.74. The Balaban J connectivity index is 2.20. The van der Waals surface area contributed by atoms with E-state index in [1.54, 1.807) is 6.07 Å². The van der Waals surface area contributed by atoms with Crippen molar-refractivity contribution < 1.29 is 17.9 Å². The summed E-state index contributed by atoms with van der Waals surface area (Å²) in [6.45, 7) is 0. The van der Waals surface area contributed by atoms with Crippen molar-refractivity contribution in [2.45, 2.75) is 19.2 Å². The molecule has 0 unspecified atom stereocenters. The Labute approximate surface area is 91.2 Å². The maximum Gasteiger partial charge on any atom is 0.573 e. The van der Waals surface area contributed by atoms with Gasteiger partial charge in [0.05, 0.1) is 5.56 Å². The number of hydrogen-bond acceptors (Lipinski definition) is 1. The van der Waals surface area contributed by atoms with Crippen LogP contribution in [-0.4, -0.2) is 6.36 Å². The van der Waals surface area contributed by atoms with Gasteiger partial charge in [-0.3, -0.25) is 0 Å². The molecular formula is C12H9F3O.